The van der Waals surface area contributed by atoms with Gasteiger partial charge in [-0.25, -0.2) is 0 Å². The highest BCUT2D eigenvalue weighted by Gasteiger charge is 2.22. The smallest absolute Gasteiger partial charge is 0.252 e. The fourth-order valence-electron chi connectivity index (χ4n) is 2.72. The minimum Gasteiger partial charge on any atom is -0.454 e. The Bertz CT molecular complexity index is 1020. The van der Waals surface area contributed by atoms with Crippen molar-refractivity contribution in [2.45, 2.75) is 6.04 Å². The summed E-state index contributed by atoms with van der Waals surface area (Å²) >= 11 is 0. The Morgan fingerprint density at radius 3 is 2.89 bits per heavy atom. The number of carbonyl (C=O) groups is 2. The molecule has 0 saturated carbocycles. The van der Waals surface area contributed by atoms with Crippen LogP contribution >= 0.6 is 0 Å². The Morgan fingerprint density at radius 1 is 1.19 bits per heavy atom. The van der Waals surface area contributed by atoms with Gasteiger partial charge in [-0.05, 0) is 36.4 Å². The number of hydrogen-bond acceptors (Lipinski definition) is 6. The van der Waals surface area contributed by atoms with Crippen molar-refractivity contribution in [2.75, 3.05) is 18.7 Å². The SMILES string of the molecule is O=C(NC(CO)C(=O)Nc1ccc2cn[nH]c2c1)c1ccc2c(c1)OCO2. The zero-order valence-corrected chi connectivity index (χ0v) is 14.1. The lowest BCUT2D eigenvalue weighted by Gasteiger charge is -2.16. The van der Waals surface area contributed by atoms with Crippen molar-refractivity contribution >= 4 is 28.4 Å². The number of aliphatic hydroxyl groups excluding tert-OH is 1. The van der Waals surface area contributed by atoms with E-state index >= 15 is 0 Å². The minimum absolute atomic E-state index is 0.1000. The van der Waals surface area contributed by atoms with Gasteiger partial charge in [-0.1, -0.05) is 0 Å². The van der Waals surface area contributed by atoms with Crippen molar-refractivity contribution in [1.82, 2.24) is 15.5 Å². The van der Waals surface area contributed by atoms with E-state index in [2.05, 4.69) is 20.8 Å². The third-order valence-electron chi connectivity index (χ3n) is 4.15. The maximum atomic E-state index is 12.4. The van der Waals surface area contributed by atoms with Gasteiger partial charge < -0.3 is 25.2 Å². The summed E-state index contributed by atoms with van der Waals surface area (Å²) in [5, 5.41) is 22.3. The number of aliphatic hydroxyl groups is 1. The van der Waals surface area contributed by atoms with E-state index in [-0.39, 0.29) is 6.79 Å². The molecule has 0 fully saturated rings. The molecule has 0 aliphatic carbocycles. The maximum absolute atomic E-state index is 12.4. The average molecular weight is 368 g/mol. The monoisotopic (exact) mass is 368 g/mol. The lowest BCUT2D eigenvalue weighted by atomic mass is 10.1. The highest BCUT2D eigenvalue weighted by molar-refractivity contribution is 6.02. The Hall–Kier alpha value is -3.59. The molecule has 1 aliphatic heterocycles. The van der Waals surface area contributed by atoms with Gasteiger partial charge in [0.2, 0.25) is 12.7 Å². The van der Waals surface area contributed by atoms with Crippen molar-refractivity contribution in [3.8, 4) is 11.5 Å². The van der Waals surface area contributed by atoms with E-state index in [9.17, 15) is 14.7 Å². The molecule has 9 heteroatoms. The van der Waals surface area contributed by atoms with E-state index in [0.29, 0.717) is 22.7 Å². The molecule has 4 N–H and O–H groups in total. The molecule has 9 nitrogen and oxygen atoms in total. The molecule has 0 saturated heterocycles. The van der Waals surface area contributed by atoms with Crippen LogP contribution in [0.2, 0.25) is 0 Å². The minimum atomic E-state index is -1.11. The van der Waals surface area contributed by atoms with E-state index < -0.39 is 24.5 Å². The Labute approximate surface area is 153 Å². The van der Waals surface area contributed by atoms with Crippen LogP contribution < -0.4 is 20.1 Å². The lowest BCUT2D eigenvalue weighted by Crippen LogP contribution is -2.46. The van der Waals surface area contributed by atoms with Gasteiger partial charge in [0.05, 0.1) is 18.3 Å². The number of amides is 2. The predicted octanol–water partition coefficient (Wildman–Crippen LogP) is 1.02. The van der Waals surface area contributed by atoms with Crippen LogP contribution in [0, 0.1) is 0 Å². The molecule has 1 unspecified atom stereocenters. The number of aromatic nitrogens is 2. The maximum Gasteiger partial charge on any atom is 0.252 e. The number of nitrogens with zero attached hydrogens (tertiary/aromatic N) is 1. The summed E-state index contributed by atoms with van der Waals surface area (Å²) in [6.07, 6.45) is 1.67. The number of hydrogen-bond donors (Lipinski definition) is 4. The van der Waals surface area contributed by atoms with Crippen LogP contribution in [-0.2, 0) is 4.79 Å². The standard InChI is InChI=1S/C18H16N4O5/c23-8-14(18(25)20-12-3-1-11-7-19-22-13(11)6-12)21-17(24)10-2-4-15-16(5-10)27-9-26-15/h1-7,14,23H,8-9H2,(H,19,22)(H,20,25)(H,21,24). The van der Waals surface area contributed by atoms with E-state index in [0.717, 1.165) is 10.9 Å². The number of ether oxygens (including phenoxy) is 2. The number of anilines is 1. The van der Waals surface area contributed by atoms with E-state index in [4.69, 9.17) is 9.47 Å². The molecule has 2 aromatic carbocycles. The van der Waals surface area contributed by atoms with E-state index in [1.54, 1.807) is 36.5 Å². The molecule has 1 aliphatic rings. The van der Waals surface area contributed by atoms with Gasteiger partial charge in [-0.15, -0.1) is 0 Å². The van der Waals surface area contributed by atoms with Crippen molar-refractivity contribution in [3.63, 3.8) is 0 Å². The van der Waals surface area contributed by atoms with Gasteiger partial charge in [-0.3, -0.25) is 14.7 Å². The van der Waals surface area contributed by atoms with Crippen molar-refractivity contribution in [3.05, 3.63) is 48.2 Å². The third-order valence-corrected chi connectivity index (χ3v) is 4.15. The van der Waals surface area contributed by atoms with Crippen LogP contribution in [-0.4, -0.2) is 46.6 Å². The first-order chi connectivity index (χ1) is 13.1. The molecule has 1 atom stereocenters. The number of nitrogens with one attached hydrogen (secondary N) is 3. The quantitative estimate of drug-likeness (QED) is 0.533. The first-order valence-corrected chi connectivity index (χ1v) is 8.19. The number of carbonyl (C=O) groups excluding carboxylic acids is 2. The van der Waals surface area contributed by atoms with Gasteiger partial charge in [0.15, 0.2) is 11.5 Å². The van der Waals surface area contributed by atoms with Crippen molar-refractivity contribution in [2.24, 2.45) is 0 Å². The van der Waals surface area contributed by atoms with Crippen LogP contribution in [0.5, 0.6) is 11.5 Å². The lowest BCUT2D eigenvalue weighted by molar-refractivity contribution is -0.118. The molecule has 0 spiro atoms. The number of aromatic amines is 1. The Kier molecular flexibility index (Phi) is 4.35. The van der Waals surface area contributed by atoms with Crippen molar-refractivity contribution in [1.29, 1.82) is 0 Å². The van der Waals surface area contributed by atoms with Crippen LogP contribution in [0.15, 0.2) is 42.6 Å². The number of fused-ring (bicyclic) bond motifs is 2. The molecule has 2 amide bonds. The molecule has 2 heterocycles. The highest BCUT2D eigenvalue weighted by atomic mass is 16.7. The topological polar surface area (TPSA) is 126 Å². The highest BCUT2D eigenvalue weighted by Crippen LogP contribution is 2.32. The number of benzene rings is 2. The molecular formula is C18H16N4O5. The molecule has 4 rings (SSSR count). The number of H-pyrrole nitrogens is 1. The van der Waals surface area contributed by atoms with Crippen LogP contribution in [0.3, 0.4) is 0 Å². The largest absolute Gasteiger partial charge is 0.454 e. The molecule has 27 heavy (non-hydrogen) atoms. The van der Waals surface area contributed by atoms with Crippen LogP contribution in [0.25, 0.3) is 10.9 Å². The molecular weight excluding hydrogens is 352 g/mol. The zero-order chi connectivity index (χ0) is 18.8. The second-order valence-electron chi connectivity index (χ2n) is 5.94. The van der Waals surface area contributed by atoms with Gasteiger partial charge in [-0.2, -0.15) is 5.10 Å². The summed E-state index contributed by atoms with van der Waals surface area (Å²) in [5.74, 6) is -0.0327. The second-order valence-corrected chi connectivity index (χ2v) is 5.94. The number of rotatable bonds is 5. The van der Waals surface area contributed by atoms with Crippen LogP contribution in [0.4, 0.5) is 5.69 Å². The van der Waals surface area contributed by atoms with Gasteiger partial charge in [0.1, 0.15) is 6.04 Å². The van der Waals surface area contributed by atoms with Gasteiger partial charge in [0.25, 0.3) is 5.91 Å². The Morgan fingerprint density at radius 2 is 2.04 bits per heavy atom. The second kappa shape index (κ2) is 6.96. The Balaban J connectivity index is 1.44. The summed E-state index contributed by atoms with van der Waals surface area (Å²) in [6, 6.07) is 8.81. The fourth-order valence-corrected chi connectivity index (χ4v) is 2.72. The van der Waals surface area contributed by atoms with E-state index in [1.165, 1.54) is 6.07 Å². The fraction of sp³-hybridized carbons (Fsp3) is 0.167. The van der Waals surface area contributed by atoms with Gasteiger partial charge >= 0.3 is 0 Å². The molecule has 0 radical (unpaired) electrons. The molecule has 0 bridgehead atoms. The third kappa shape index (κ3) is 3.40. The zero-order valence-electron chi connectivity index (χ0n) is 14.1. The summed E-state index contributed by atoms with van der Waals surface area (Å²) in [4.78, 5) is 24.8. The normalized spacial score (nSPS) is 13.4. The molecule has 138 valence electrons. The van der Waals surface area contributed by atoms with Crippen molar-refractivity contribution < 1.29 is 24.2 Å². The van der Waals surface area contributed by atoms with Crippen LogP contribution in [0.1, 0.15) is 10.4 Å². The summed E-state index contributed by atoms with van der Waals surface area (Å²) in [7, 11) is 0. The summed E-state index contributed by atoms with van der Waals surface area (Å²) < 4.78 is 10.4. The molecule has 3 aromatic rings. The van der Waals surface area contributed by atoms with Gasteiger partial charge in [0, 0.05) is 16.6 Å². The average Bonchev–Trinajstić information content (AvgIpc) is 3.33. The van der Waals surface area contributed by atoms with E-state index in [1.807, 2.05) is 0 Å². The first kappa shape index (κ1) is 16.9. The molecule has 1 aromatic heterocycles. The summed E-state index contributed by atoms with van der Waals surface area (Å²) in [5.41, 5.74) is 1.58. The first-order valence-electron chi connectivity index (χ1n) is 8.19. The summed E-state index contributed by atoms with van der Waals surface area (Å²) in [6.45, 7) is -0.447. The predicted molar refractivity (Wildman–Crippen MR) is 95.6 cm³/mol.